The third-order valence-corrected chi connectivity index (χ3v) is 5.47. The average Bonchev–Trinajstić information content (AvgIpc) is 2.64. The molecule has 0 aliphatic carbocycles. The van der Waals surface area contributed by atoms with Gasteiger partial charge in [-0.25, -0.2) is 9.97 Å². The molecule has 27 heavy (non-hydrogen) atoms. The second kappa shape index (κ2) is 7.25. The first kappa shape index (κ1) is 17.9. The summed E-state index contributed by atoms with van der Waals surface area (Å²) in [6.07, 6.45) is 1.85. The molecule has 0 aliphatic heterocycles. The minimum atomic E-state index is 0.230. The van der Waals surface area contributed by atoms with Crippen LogP contribution in [0.3, 0.4) is 0 Å². The lowest BCUT2D eigenvalue weighted by Gasteiger charge is -2.11. The number of pyridine rings is 1. The molecule has 134 valence electrons. The monoisotopic (exact) mass is 483 g/mol. The number of aromatic nitrogens is 3. The Balaban J connectivity index is 1.84. The fourth-order valence-electron chi connectivity index (χ4n) is 2.84. The van der Waals surface area contributed by atoms with Crippen LogP contribution >= 0.6 is 31.9 Å². The van der Waals surface area contributed by atoms with E-state index in [1.807, 2.05) is 49.5 Å². The molecule has 7 heteroatoms. The second-order valence-corrected chi connectivity index (χ2v) is 7.80. The molecular formula is C20H15Br2N5. The number of nitrogens with two attached hydrogens (primary N) is 1. The summed E-state index contributed by atoms with van der Waals surface area (Å²) in [6.45, 7) is 2.02. The summed E-state index contributed by atoms with van der Waals surface area (Å²) in [5.74, 6) is 0.896. The second-order valence-electron chi connectivity index (χ2n) is 6.13. The molecule has 0 radical (unpaired) electrons. The first-order valence-corrected chi connectivity index (χ1v) is 9.80. The van der Waals surface area contributed by atoms with Gasteiger partial charge >= 0.3 is 0 Å². The lowest BCUT2D eigenvalue weighted by atomic mass is 10.0. The normalized spacial score (nSPS) is 10.9. The highest BCUT2D eigenvalue weighted by molar-refractivity contribution is 9.10. The van der Waals surface area contributed by atoms with Gasteiger partial charge < -0.3 is 11.1 Å². The number of hydrogen-bond acceptors (Lipinski definition) is 5. The quantitative estimate of drug-likeness (QED) is 0.356. The number of hydrogen-bond donors (Lipinski definition) is 2. The van der Waals surface area contributed by atoms with Crippen molar-refractivity contribution in [3.63, 3.8) is 0 Å². The highest BCUT2D eigenvalue weighted by Crippen LogP contribution is 2.31. The van der Waals surface area contributed by atoms with Crippen molar-refractivity contribution >= 4 is 60.2 Å². The Morgan fingerprint density at radius 2 is 1.81 bits per heavy atom. The van der Waals surface area contributed by atoms with Crippen molar-refractivity contribution in [1.29, 1.82) is 0 Å². The summed E-state index contributed by atoms with van der Waals surface area (Å²) in [5, 5.41) is 4.23. The van der Waals surface area contributed by atoms with Crippen LogP contribution in [0.25, 0.3) is 22.0 Å². The molecule has 5 nitrogen and oxygen atoms in total. The molecule has 0 fully saturated rings. The molecule has 4 rings (SSSR count). The van der Waals surface area contributed by atoms with E-state index < -0.39 is 0 Å². The number of fused-ring (bicyclic) bond motifs is 1. The third kappa shape index (κ3) is 3.79. The highest BCUT2D eigenvalue weighted by atomic mass is 79.9. The molecule has 0 aliphatic rings. The number of benzene rings is 2. The van der Waals surface area contributed by atoms with E-state index in [1.54, 1.807) is 0 Å². The molecule has 0 atom stereocenters. The van der Waals surface area contributed by atoms with E-state index >= 15 is 0 Å². The van der Waals surface area contributed by atoms with Crippen molar-refractivity contribution in [3.8, 4) is 11.1 Å². The molecule has 0 saturated carbocycles. The number of aryl methyl sites for hydroxylation is 1. The number of nitrogen functional groups attached to an aromatic ring is 1. The predicted octanol–water partition coefficient (Wildman–Crippen LogP) is 5.85. The zero-order valence-electron chi connectivity index (χ0n) is 14.4. The first-order valence-electron chi connectivity index (χ1n) is 8.22. The van der Waals surface area contributed by atoms with Gasteiger partial charge in [0.25, 0.3) is 0 Å². The van der Waals surface area contributed by atoms with Crippen molar-refractivity contribution in [2.45, 2.75) is 6.92 Å². The maximum absolute atomic E-state index is 5.91. The maximum Gasteiger partial charge on any atom is 0.222 e. The fraction of sp³-hybridized carbons (Fsp3) is 0.0500. The topological polar surface area (TPSA) is 76.7 Å². The lowest BCUT2D eigenvalue weighted by Crippen LogP contribution is -2.01. The number of nitrogens with zero attached hydrogens (tertiary/aromatic N) is 3. The Hall–Kier alpha value is -2.51. The zero-order chi connectivity index (χ0) is 19.0. The summed E-state index contributed by atoms with van der Waals surface area (Å²) >= 11 is 6.93. The van der Waals surface area contributed by atoms with E-state index in [2.05, 4.69) is 64.3 Å². The molecular weight excluding hydrogens is 470 g/mol. The molecule has 0 spiro atoms. The van der Waals surface area contributed by atoms with Crippen LogP contribution in [-0.2, 0) is 0 Å². The fourth-order valence-corrected chi connectivity index (χ4v) is 3.46. The summed E-state index contributed by atoms with van der Waals surface area (Å²) < 4.78 is 1.83. The van der Waals surface area contributed by atoms with Gasteiger partial charge in [-0.1, -0.05) is 28.1 Å². The standard InChI is InChI=1S/C20H15Br2N5/c1-11-7-13(10-24-18(11)22)12-5-6-17-16(8-12)19(27-20(23)26-17)25-15-4-2-3-14(21)9-15/h2-10H,1H3,(H3,23,25,26,27). The van der Waals surface area contributed by atoms with Crippen LogP contribution in [-0.4, -0.2) is 15.0 Å². The first-order chi connectivity index (χ1) is 13.0. The number of halogens is 2. The van der Waals surface area contributed by atoms with Gasteiger partial charge in [-0.15, -0.1) is 0 Å². The van der Waals surface area contributed by atoms with Crippen molar-refractivity contribution in [1.82, 2.24) is 15.0 Å². The summed E-state index contributed by atoms with van der Waals surface area (Å²) in [7, 11) is 0. The molecule has 0 amide bonds. The van der Waals surface area contributed by atoms with Crippen molar-refractivity contribution in [2.24, 2.45) is 0 Å². The van der Waals surface area contributed by atoms with Crippen LogP contribution in [0.5, 0.6) is 0 Å². The predicted molar refractivity (Wildman–Crippen MR) is 117 cm³/mol. The molecule has 3 N–H and O–H groups in total. The van der Waals surface area contributed by atoms with Gasteiger partial charge in [0.05, 0.1) is 5.52 Å². The van der Waals surface area contributed by atoms with Gasteiger partial charge in [-0.05, 0) is 70.4 Å². The van der Waals surface area contributed by atoms with E-state index in [9.17, 15) is 0 Å². The van der Waals surface area contributed by atoms with E-state index in [-0.39, 0.29) is 5.95 Å². The van der Waals surface area contributed by atoms with E-state index in [0.717, 1.165) is 42.4 Å². The molecule has 4 aromatic rings. The van der Waals surface area contributed by atoms with Crippen molar-refractivity contribution in [3.05, 3.63) is 69.4 Å². The van der Waals surface area contributed by atoms with Crippen LogP contribution < -0.4 is 11.1 Å². The Labute approximate surface area is 173 Å². The summed E-state index contributed by atoms with van der Waals surface area (Å²) in [5.41, 5.74) is 10.7. The van der Waals surface area contributed by atoms with Gasteiger partial charge in [0.1, 0.15) is 10.4 Å². The van der Waals surface area contributed by atoms with Gasteiger partial charge in [-0.3, -0.25) is 0 Å². The van der Waals surface area contributed by atoms with E-state index in [0.29, 0.717) is 5.82 Å². The van der Waals surface area contributed by atoms with Gasteiger partial charge in [0.2, 0.25) is 5.95 Å². The van der Waals surface area contributed by atoms with Crippen molar-refractivity contribution in [2.75, 3.05) is 11.1 Å². The summed E-state index contributed by atoms with van der Waals surface area (Å²) in [6, 6.07) is 16.0. The van der Waals surface area contributed by atoms with Crippen LogP contribution in [0.2, 0.25) is 0 Å². The largest absolute Gasteiger partial charge is 0.368 e. The Morgan fingerprint density at radius 3 is 2.59 bits per heavy atom. The van der Waals surface area contributed by atoms with E-state index in [4.69, 9.17) is 5.73 Å². The maximum atomic E-state index is 5.91. The highest BCUT2D eigenvalue weighted by Gasteiger charge is 2.10. The average molecular weight is 485 g/mol. The molecule has 0 saturated heterocycles. The van der Waals surface area contributed by atoms with Gasteiger partial charge in [-0.2, -0.15) is 4.98 Å². The van der Waals surface area contributed by atoms with Crippen LogP contribution in [0, 0.1) is 6.92 Å². The number of anilines is 3. The van der Waals surface area contributed by atoms with Crippen molar-refractivity contribution < 1.29 is 0 Å². The Bertz CT molecular complexity index is 1160. The number of nitrogens with one attached hydrogen (secondary N) is 1. The molecule has 2 heterocycles. The Morgan fingerprint density at radius 1 is 0.963 bits per heavy atom. The molecule has 0 bridgehead atoms. The van der Waals surface area contributed by atoms with Crippen LogP contribution in [0.1, 0.15) is 5.56 Å². The minimum Gasteiger partial charge on any atom is -0.368 e. The lowest BCUT2D eigenvalue weighted by molar-refractivity contribution is 1.22. The smallest absolute Gasteiger partial charge is 0.222 e. The van der Waals surface area contributed by atoms with E-state index in [1.165, 1.54) is 0 Å². The SMILES string of the molecule is Cc1cc(-c2ccc3nc(N)nc(Nc4cccc(Br)c4)c3c2)cnc1Br. The van der Waals surface area contributed by atoms with Gasteiger partial charge in [0, 0.05) is 27.3 Å². The zero-order valence-corrected chi connectivity index (χ0v) is 17.5. The number of rotatable bonds is 3. The van der Waals surface area contributed by atoms with Gasteiger partial charge in [0.15, 0.2) is 0 Å². The molecule has 0 unspecified atom stereocenters. The minimum absolute atomic E-state index is 0.230. The summed E-state index contributed by atoms with van der Waals surface area (Å²) in [4.78, 5) is 13.2. The molecule has 2 aromatic heterocycles. The van der Waals surface area contributed by atoms with Crippen LogP contribution in [0.4, 0.5) is 17.5 Å². The molecule has 2 aromatic carbocycles. The van der Waals surface area contributed by atoms with Crippen LogP contribution in [0.15, 0.2) is 63.8 Å². The Kier molecular flexibility index (Phi) is 4.80. The third-order valence-electron chi connectivity index (χ3n) is 4.15.